The minimum Gasteiger partial charge on any atom is -0.481 e. The van der Waals surface area contributed by atoms with E-state index >= 15 is 0 Å². The number of carboxylic acids is 1. The van der Waals surface area contributed by atoms with E-state index in [0.29, 0.717) is 18.0 Å². The third-order valence-corrected chi connectivity index (χ3v) is 2.21. The number of hydrogen-bond acceptors (Lipinski definition) is 2. The highest BCUT2D eigenvalue weighted by Gasteiger charge is 2.05. The lowest BCUT2D eigenvalue weighted by atomic mass is 10.1. The van der Waals surface area contributed by atoms with Gasteiger partial charge in [0.1, 0.15) is 6.42 Å². The minimum absolute atomic E-state index is 0.424. The van der Waals surface area contributed by atoms with Gasteiger partial charge in [-0.15, -0.1) is 0 Å². The van der Waals surface area contributed by atoms with Gasteiger partial charge < -0.3 is 10.4 Å². The highest BCUT2D eigenvalue weighted by molar-refractivity contribution is 6.30. The van der Waals surface area contributed by atoms with E-state index in [0.717, 1.165) is 5.56 Å². The van der Waals surface area contributed by atoms with Crippen LogP contribution in [0.1, 0.15) is 12.0 Å². The van der Waals surface area contributed by atoms with Gasteiger partial charge in [-0.3, -0.25) is 9.59 Å². The van der Waals surface area contributed by atoms with Crippen LogP contribution in [-0.2, 0) is 16.0 Å². The van der Waals surface area contributed by atoms with Gasteiger partial charge in [0.25, 0.3) is 0 Å². The van der Waals surface area contributed by atoms with Gasteiger partial charge >= 0.3 is 5.97 Å². The van der Waals surface area contributed by atoms with Gasteiger partial charge in [0.2, 0.25) is 5.91 Å². The standard InChI is InChI=1S/C11H12ClNO3/c12-9-3-1-8(2-4-9)5-6-13-10(14)7-11(15)16/h1-4H,5-7H2,(H,13,14)(H,15,16). The molecule has 0 unspecified atom stereocenters. The molecule has 4 nitrogen and oxygen atoms in total. The second kappa shape index (κ2) is 6.12. The molecule has 1 amide bonds. The fourth-order valence-electron chi connectivity index (χ4n) is 1.20. The molecular weight excluding hydrogens is 230 g/mol. The monoisotopic (exact) mass is 241 g/mol. The number of hydrogen-bond donors (Lipinski definition) is 2. The quantitative estimate of drug-likeness (QED) is 0.768. The zero-order valence-corrected chi connectivity index (χ0v) is 9.33. The van der Waals surface area contributed by atoms with E-state index in [2.05, 4.69) is 5.32 Å². The Hall–Kier alpha value is -1.55. The van der Waals surface area contributed by atoms with E-state index < -0.39 is 18.3 Å². The van der Waals surface area contributed by atoms with Crippen LogP contribution in [-0.4, -0.2) is 23.5 Å². The summed E-state index contributed by atoms with van der Waals surface area (Å²) in [6.07, 6.45) is 0.170. The van der Waals surface area contributed by atoms with E-state index in [1.54, 1.807) is 12.1 Å². The molecular formula is C11H12ClNO3. The normalized spacial score (nSPS) is 9.81. The second-order valence-corrected chi connectivity index (χ2v) is 3.73. The summed E-state index contributed by atoms with van der Waals surface area (Å²) in [6.45, 7) is 0.424. The highest BCUT2D eigenvalue weighted by atomic mass is 35.5. The van der Waals surface area contributed by atoms with E-state index in [-0.39, 0.29) is 0 Å². The molecule has 0 spiro atoms. The maximum Gasteiger partial charge on any atom is 0.312 e. The van der Waals surface area contributed by atoms with Crippen molar-refractivity contribution in [1.82, 2.24) is 5.32 Å². The Balaban J connectivity index is 2.28. The summed E-state index contributed by atoms with van der Waals surface area (Å²) in [5.41, 5.74) is 1.04. The predicted octanol–water partition coefficient (Wildman–Crippen LogP) is 1.47. The number of halogens is 1. The second-order valence-electron chi connectivity index (χ2n) is 3.30. The molecule has 0 aliphatic heterocycles. The van der Waals surface area contributed by atoms with E-state index in [1.165, 1.54) is 0 Å². The largest absolute Gasteiger partial charge is 0.481 e. The summed E-state index contributed by atoms with van der Waals surface area (Å²) in [5.74, 6) is -1.59. The van der Waals surface area contributed by atoms with Gasteiger partial charge in [0.05, 0.1) is 0 Å². The molecule has 0 aromatic heterocycles. The lowest BCUT2D eigenvalue weighted by Gasteiger charge is -2.03. The lowest BCUT2D eigenvalue weighted by Crippen LogP contribution is -2.27. The van der Waals surface area contributed by atoms with Crippen molar-refractivity contribution in [2.45, 2.75) is 12.8 Å². The number of carbonyl (C=O) groups excluding carboxylic acids is 1. The first-order valence-electron chi connectivity index (χ1n) is 4.81. The summed E-state index contributed by atoms with van der Waals surface area (Å²) in [4.78, 5) is 21.2. The van der Waals surface area contributed by atoms with E-state index in [4.69, 9.17) is 16.7 Å². The predicted molar refractivity (Wildman–Crippen MR) is 60.4 cm³/mol. The van der Waals surface area contributed by atoms with Crippen molar-refractivity contribution < 1.29 is 14.7 Å². The van der Waals surface area contributed by atoms with Crippen molar-refractivity contribution in [3.05, 3.63) is 34.9 Å². The van der Waals surface area contributed by atoms with Crippen molar-refractivity contribution >= 4 is 23.5 Å². The van der Waals surface area contributed by atoms with Crippen molar-refractivity contribution in [2.75, 3.05) is 6.54 Å². The molecule has 0 aliphatic rings. The third kappa shape index (κ3) is 4.79. The molecule has 16 heavy (non-hydrogen) atoms. The summed E-state index contributed by atoms with van der Waals surface area (Å²) >= 11 is 5.72. The van der Waals surface area contributed by atoms with Crippen LogP contribution in [0.2, 0.25) is 5.02 Å². The zero-order valence-electron chi connectivity index (χ0n) is 8.57. The highest BCUT2D eigenvalue weighted by Crippen LogP contribution is 2.09. The molecule has 2 N–H and O–H groups in total. The van der Waals surface area contributed by atoms with Crippen molar-refractivity contribution in [2.24, 2.45) is 0 Å². The number of amides is 1. The van der Waals surface area contributed by atoms with Crippen LogP contribution in [0.15, 0.2) is 24.3 Å². The summed E-state index contributed by atoms with van der Waals surface area (Å²) in [7, 11) is 0. The van der Waals surface area contributed by atoms with Crippen LogP contribution in [0.4, 0.5) is 0 Å². The maximum atomic E-state index is 11.0. The fourth-order valence-corrected chi connectivity index (χ4v) is 1.32. The first-order chi connectivity index (χ1) is 7.58. The molecule has 0 radical (unpaired) electrons. The summed E-state index contributed by atoms with van der Waals surface area (Å²) in [6, 6.07) is 7.28. The fraction of sp³-hybridized carbons (Fsp3) is 0.273. The van der Waals surface area contributed by atoms with Gasteiger partial charge in [0.15, 0.2) is 0 Å². The Kier molecular flexibility index (Phi) is 4.79. The first-order valence-corrected chi connectivity index (χ1v) is 5.18. The Morgan fingerprint density at radius 3 is 2.44 bits per heavy atom. The van der Waals surface area contributed by atoms with Gasteiger partial charge in [-0.2, -0.15) is 0 Å². The molecule has 0 saturated heterocycles. The SMILES string of the molecule is O=C(O)CC(=O)NCCc1ccc(Cl)cc1. The van der Waals surface area contributed by atoms with Crippen LogP contribution < -0.4 is 5.32 Å². The summed E-state index contributed by atoms with van der Waals surface area (Å²) in [5, 5.41) is 11.5. The van der Waals surface area contributed by atoms with Crippen molar-refractivity contribution in [1.29, 1.82) is 0 Å². The maximum absolute atomic E-state index is 11.0. The Bertz CT molecular complexity index is 375. The topological polar surface area (TPSA) is 66.4 Å². The number of carbonyl (C=O) groups is 2. The molecule has 0 heterocycles. The molecule has 5 heteroatoms. The van der Waals surface area contributed by atoms with Gasteiger partial charge in [-0.1, -0.05) is 23.7 Å². The Morgan fingerprint density at radius 2 is 1.88 bits per heavy atom. The van der Waals surface area contributed by atoms with Gasteiger partial charge in [-0.05, 0) is 24.1 Å². The van der Waals surface area contributed by atoms with E-state index in [1.807, 2.05) is 12.1 Å². The summed E-state index contributed by atoms with van der Waals surface area (Å²) < 4.78 is 0. The molecule has 0 atom stereocenters. The van der Waals surface area contributed by atoms with Crippen LogP contribution >= 0.6 is 11.6 Å². The number of benzene rings is 1. The van der Waals surface area contributed by atoms with Crippen LogP contribution in [0.25, 0.3) is 0 Å². The number of aliphatic carboxylic acids is 1. The molecule has 86 valence electrons. The molecule has 1 rings (SSSR count). The van der Waals surface area contributed by atoms with Crippen molar-refractivity contribution in [3.8, 4) is 0 Å². The average Bonchev–Trinajstić information content (AvgIpc) is 2.20. The zero-order chi connectivity index (χ0) is 12.0. The Morgan fingerprint density at radius 1 is 1.25 bits per heavy atom. The number of rotatable bonds is 5. The smallest absolute Gasteiger partial charge is 0.312 e. The molecule has 1 aromatic carbocycles. The number of carboxylic acid groups (broad SMARTS) is 1. The van der Waals surface area contributed by atoms with Gasteiger partial charge in [0, 0.05) is 11.6 Å². The van der Waals surface area contributed by atoms with Gasteiger partial charge in [-0.25, -0.2) is 0 Å². The molecule has 1 aromatic rings. The van der Waals surface area contributed by atoms with Crippen LogP contribution in [0.3, 0.4) is 0 Å². The molecule has 0 fully saturated rings. The van der Waals surface area contributed by atoms with E-state index in [9.17, 15) is 9.59 Å². The molecule has 0 bridgehead atoms. The molecule has 0 aliphatic carbocycles. The third-order valence-electron chi connectivity index (χ3n) is 1.96. The minimum atomic E-state index is -1.12. The number of nitrogens with one attached hydrogen (secondary N) is 1. The van der Waals surface area contributed by atoms with Crippen LogP contribution in [0, 0.1) is 0 Å². The first kappa shape index (κ1) is 12.5. The average molecular weight is 242 g/mol. The van der Waals surface area contributed by atoms with Crippen molar-refractivity contribution in [3.63, 3.8) is 0 Å². The molecule has 0 saturated carbocycles. The Labute approximate surface area is 98.2 Å². The van der Waals surface area contributed by atoms with Crippen LogP contribution in [0.5, 0.6) is 0 Å². The lowest BCUT2D eigenvalue weighted by molar-refractivity contribution is -0.140.